The van der Waals surface area contributed by atoms with Gasteiger partial charge >= 0.3 is 0 Å². The summed E-state index contributed by atoms with van der Waals surface area (Å²) >= 11 is 2.09. The molecule has 0 aromatic carbocycles. The maximum Gasteiger partial charge on any atom is 0.0616 e. The van der Waals surface area contributed by atoms with Gasteiger partial charge in [0.15, 0.2) is 0 Å². The summed E-state index contributed by atoms with van der Waals surface area (Å²) in [5.41, 5.74) is 0.00672. The monoisotopic (exact) mass is 287 g/mol. The standard InChI is InChI=1S/C16H33NOS/c1-13(2)7-10-19-11-8-15-6-5-9-16(15,12-18)17-14(3)4/h13-15,17-18H,5-12H2,1-4H3. The van der Waals surface area contributed by atoms with Gasteiger partial charge in [-0.15, -0.1) is 0 Å². The Morgan fingerprint density at radius 3 is 2.58 bits per heavy atom. The molecule has 1 aliphatic carbocycles. The van der Waals surface area contributed by atoms with Crippen LogP contribution in [0.25, 0.3) is 0 Å². The maximum atomic E-state index is 9.84. The number of aliphatic hydroxyl groups is 1. The summed E-state index contributed by atoms with van der Waals surface area (Å²) in [5, 5.41) is 13.5. The number of nitrogens with one attached hydrogen (secondary N) is 1. The molecule has 0 amide bonds. The van der Waals surface area contributed by atoms with E-state index in [-0.39, 0.29) is 5.54 Å². The van der Waals surface area contributed by atoms with Crippen LogP contribution >= 0.6 is 11.8 Å². The van der Waals surface area contributed by atoms with Crippen molar-refractivity contribution in [3.8, 4) is 0 Å². The Balaban J connectivity index is 2.34. The molecule has 2 N–H and O–H groups in total. The Morgan fingerprint density at radius 2 is 2.00 bits per heavy atom. The van der Waals surface area contributed by atoms with E-state index < -0.39 is 0 Å². The van der Waals surface area contributed by atoms with Gasteiger partial charge in [-0.2, -0.15) is 11.8 Å². The van der Waals surface area contributed by atoms with Crippen molar-refractivity contribution in [2.45, 2.75) is 71.4 Å². The second kappa shape index (κ2) is 8.53. The number of thioether (sulfide) groups is 1. The molecule has 0 bridgehead atoms. The van der Waals surface area contributed by atoms with Crippen molar-refractivity contribution in [3.63, 3.8) is 0 Å². The minimum absolute atomic E-state index is 0.00672. The number of hydrogen-bond donors (Lipinski definition) is 2. The van der Waals surface area contributed by atoms with E-state index in [9.17, 15) is 5.11 Å². The Kier molecular flexibility index (Phi) is 7.78. The molecule has 1 fully saturated rings. The highest BCUT2D eigenvalue weighted by Gasteiger charge is 2.41. The molecular weight excluding hydrogens is 254 g/mol. The van der Waals surface area contributed by atoms with Crippen LogP contribution in [0.3, 0.4) is 0 Å². The van der Waals surface area contributed by atoms with Crippen molar-refractivity contribution < 1.29 is 5.11 Å². The second-order valence-corrected chi connectivity index (χ2v) is 8.01. The van der Waals surface area contributed by atoms with Gasteiger partial charge in [0.25, 0.3) is 0 Å². The van der Waals surface area contributed by atoms with Gasteiger partial charge in [-0.3, -0.25) is 0 Å². The molecule has 114 valence electrons. The van der Waals surface area contributed by atoms with Crippen LogP contribution in [0.4, 0.5) is 0 Å². The highest BCUT2D eigenvalue weighted by Crippen LogP contribution is 2.38. The van der Waals surface area contributed by atoms with E-state index in [1.807, 2.05) is 0 Å². The van der Waals surface area contributed by atoms with Gasteiger partial charge in [0.05, 0.1) is 6.61 Å². The van der Waals surface area contributed by atoms with Crippen LogP contribution in [0.5, 0.6) is 0 Å². The highest BCUT2D eigenvalue weighted by atomic mass is 32.2. The fourth-order valence-electron chi connectivity index (χ4n) is 3.23. The molecule has 19 heavy (non-hydrogen) atoms. The average molecular weight is 288 g/mol. The molecule has 2 atom stereocenters. The molecule has 1 aliphatic rings. The first-order valence-electron chi connectivity index (χ1n) is 7.96. The second-order valence-electron chi connectivity index (χ2n) is 6.79. The van der Waals surface area contributed by atoms with Crippen molar-refractivity contribution in [1.82, 2.24) is 5.32 Å². The minimum atomic E-state index is 0.00672. The summed E-state index contributed by atoms with van der Waals surface area (Å²) < 4.78 is 0. The zero-order valence-corrected chi connectivity index (χ0v) is 14.1. The van der Waals surface area contributed by atoms with Gasteiger partial charge in [-0.05, 0) is 49.0 Å². The van der Waals surface area contributed by atoms with Crippen molar-refractivity contribution in [3.05, 3.63) is 0 Å². The van der Waals surface area contributed by atoms with Crippen molar-refractivity contribution in [2.75, 3.05) is 18.1 Å². The molecule has 1 rings (SSSR count). The first-order chi connectivity index (χ1) is 9.00. The molecule has 3 heteroatoms. The van der Waals surface area contributed by atoms with E-state index in [0.717, 1.165) is 12.3 Å². The fourth-order valence-corrected chi connectivity index (χ4v) is 4.52. The van der Waals surface area contributed by atoms with Gasteiger partial charge in [0.1, 0.15) is 0 Å². The van der Waals surface area contributed by atoms with E-state index in [1.165, 1.54) is 37.2 Å². The van der Waals surface area contributed by atoms with Gasteiger partial charge in [0.2, 0.25) is 0 Å². The van der Waals surface area contributed by atoms with Crippen molar-refractivity contribution in [2.24, 2.45) is 11.8 Å². The molecule has 2 nitrogen and oxygen atoms in total. The summed E-state index contributed by atoms with van der Waals surface area (Å²) in [5.74, 6) is 4.01. The fraction of sp³-hybridized carbons (Fsp3) is 1.00. The molecule has 0 saturated heterocycles. The Bertz CT molecular complexity index is 245. The summed E-state index contributed by atoms with van der Waals surface area (Å²) in [6, 6.07) is 0.460. The lowest BCUT2D eigenvalue weighted by Crippen LogP contribution is -2.54. The summed E-state index contributed by atoms with van der Waals surface area (Å²) in [4.78, 5) is 0. The van der Waals surface area contributed by atoms with Crippen LogP contribution in [-0.2, 0) is 0 Å². The van der Waals surface area contributed by atoms with Crippen LogP contribution in [0.1, 0.15) is 59.8 Å². The lowest BCUT2D eigenvalue weighted by atomic mass is 9.85. The third kappa shape index (κ3) is 5.65. The van der Waals surface area contributed by atoms with Crippen molar-refractivity contribution >= 4 is 11.8 Å². The Hall–Kier alpha value is 0.270. The molecular formula is C16H33NOS. The lowest BCUT2D eigenvalue weighted by molar-refractivity contribution is 0.113. The van der Waals surface area contributed by atoms with E-state index in [2.05, 4.69) is 44.8 Å². The summed E-state index contributed by atoms with van der Waals surface area (Å²) in [6.45, 7) is 9.25. The molecule has 0 aliphatic heterocycles. The summed E-state index contributed by atoms with van der Waals surface area (Å²) in [6.07, 6.45) is 6.27. The van der Waals surface area contributed by atoms with Gasteiger partial charge < -0.3 is 10.4 Å². The molecule has 0 spiro atoms. The highest BCUT2D eigenvalue weighted by molar-refractivity contribution is 7.99. The van der Waals surface area contributed by atoms with Gasteiger partial charge in [-0.1, -0.05) is 34.1 Å². The average Bonchev–Trinajstić information content (AvgIpc) is 2.71. The number of aliphatic hydroxyl groups excluding tert-OH is 1. The molecule has 2 unspecified atom stereocenters. The normalized spacial score (nSPS) is 27.6. The van der Waals surface area contributed by atoms with Crippen LogP contribution in [0.15, 0.2) is 0 Å². The number of rotatable bonds is 9. The van der Waals surface area contributed by atoms with Crippen LogP contribution < -0.4 is 5.32 Å². The predicted molar refractivity (Wildman–Crippen MR) is 86.8 cm³/mol. The Labute approximate surface area is 124 Å². The Morgan fingerprint density at radius 1 is 1.26 bits per heavy atom. The minimum Gasteiger partial charge on any atom is -0.394 e. The molecule has 0 heterocycles. The van der Waals surface area contributed by atoms with Crippen LogP contribution in [0, 0.1) is 11.8 Å². The largest absolute Gasteiger partial charge is 0.394 e. The third-order valence-corrected chi connectivity index (χ3v) is 5.31. The maximum absolute atomic E-state index is 9.84. The van der Waals surface area contributed by atoms with Crippen molar-refractivity contribution in [1.29, 1.82) is 0 Å². The first kappa shape index (κ1) is 17.3. The topological polar surface area (TPSA) is 32.3 Å². The molecule has 0 aromatic rings. The molecule has 1 saturated carbocycles. The quantitative estimate of drug-likeness (QED) is 0.634. The van der Waals surface area contributed by atoms with E-state index in [1.54, 1.807) is 0 Å². The van der Waals surface area contributed by atoms with E-state index >= 15 is 0 Å². The predicted octanol–water partition coefficient (Wildman–Crippen LogP) is 3.69. The van der Waals surface area contributed by atoms with Gasteiger partial charge in [0, 0.05) is 11.6 Å². The SMILES string of the molecule is CC(C)CCSCCC1CCCC1(CO)NC(C)C. The smallest absolute Gasteiger partial charge is 0.0616 e. The first-order valence-corrected chi connectivity index (χ1v) is 9.12. The number of hydrogen-bond acceptors (Lipinski definition) is 3. The van der Waals surface area contributed by atoms with Crippen LogP contribution in [0.2, 0.25) is 0 Å². The van der Waals surface area contributed by atoms with Crippen LogP contribution in [-0.4, -0.2) is 34.8 Å². The lowest BCUT2D eigenvalue weighted by Gasteiger charge is -2.37. The van der Waals surface area contributed by atoms with E-state index in [4.69, 9.17) is 0 Å². The zero-order chi connectivity index (χ0) is 14.3. The molecule has 0 aromatic heterocycles. The third-order valence-electron chi connectivity index (χ3n) is 4.27. The van der Waals surface area contributed by atoms with E-state index in [0.29, 0.717) is 18.6 Å². The zero-order valence-electron chi connectivity index (χ0n) is 13.2. The molecule has 0 radical (unpaired) electrons. The summed E-state index contributed by atoms with van der Waals surface area (Å²) in [7, 11) is 0. The van der Waals surface area contributed by atoms with Gasteiger partial charge in [-0.25, -0.2) is 0 Å².